The fourth-order valence-corrected chi connectivity index (χ4v) is 2.56. The van der Waals surface area contributed by atoms with Crippen molar-refractivity contribution in [2.24, 2.45) is 0 Å². The molecule has 0 atom stereocenters. The molecular weight excluding hydrogens is 338 g/mol. The van der Waals surface area contributed by atoms with E-state index in [9.17, 15) is 4.79 Å². The number of carbonyl (C=O) groups is 1. The molecule has 0 fully saturated rings. The minimum Gasteiger partial charge on any atom is -0.348 e. The highest BCUT2D eigenvalue weighted by molar-refractivity contribution is 9.08. The number of amides is 1. The van der Waals surface area contributed by atoms with E-state index in [4.69, 9.17) is 11.6 Å². The van der Waals surface area contributed by atoms with Gasteiger partial charge in [-0.1, -0.05) is 51.8 Å². The molecule has 0 unspecified atom stereocenters. The monoisotopic (exact) mass is 351 g/mol. The van der Waals surface area contributed by atoms with Gasteiger partial charge in [-0.25, -0.2) is 0 Å². The van der Waals surface area contributed by atoms with E-state index in [2.05, 4.69) is 21.2 Å². The maximum Gasteiger partial charge on any atom is 0.251 e. The van der Waals surface area contributed by atoms with Crippen molar-refractivity contribution in [3.05, 3.63) is 69.7 Å². The average molecular weight is 353 g/mol. The van der Waals surface area contributed by atoms with Crippen LogP contribution in [0.15, 0.2) is 42.5 Å². The third kappa shape index (κ3) is 4.09. The molecule has 104 valence electrons. The fourth-order valence-electron chi connectivity index (χ4n) is 1.90. The van der Waals surface area contributed by atoms with Crippen LogP contribution in [0.25, 0.3) is 0 Å². The van der Waals surface area contributed by atoms with Crippen LogP contribution in [0.4, 0.5) is 0 Å². The molecule has 0 saturated heterocycles. The summed E-state index contributed by atoms with van der Waals surface area (Å²) in [5.74, 6) is -0.111. The van der Waals surface area contributed by atoms with E-state index in [0.29, 0.717) is 17.1 Å². The van der Waals surface area contributed by atoms with Gasteiger partial charge in [-0.3, -0.25) is 4.79 Å². The van der Waals surface area contributed by atoms with Gasteiger partial charge in [0.2, 0.25) is 0 Å². The zero-order chi connectivity index (χ0) is 14.5. The number of nitrogens with one attached hydrogen (secondary N) is 1. The molecule has 0 heterocycles. The fraction of sp³-hybridized carbons (Fsp3) is 0.188. The van der Waals surface area contributed by atoms with Gasteiger partial charge >= 0.3 is 0 Å². The molecule has 2 aromatic carbocycles. The van der Waals surface area contributed by atoms with Crippen LogP contribution >= 0.6 is 27.5 Å². The number of alkyl halides is 1. The number of carbonyl (C=O) groups excluding carboxylic acids is 1. The summed E-state index contributed by atoms with van der Waals surface area (Å²) in [5, 5.41) is 4.31. The molecule has 0 aliphatic carbocycles. The van der Waals surface area contributed by atoms with Gasteiger partial charge < -0.3 is 5.32 Å². The van der Waals surface area contributed by atoms with Gasteiger partial charge in [0, 0.05) is 22.5 Å². The molecule has 1 N–H and O–H groups in total. The number of benzene rings is 2. The molecular formula is C16H15BrClNO. The largest absolute Gasteiger partial charge is 0.348 e. The van der Waals surface area contributed by atoms with Crippen LogP contribution in [0.1, 0.15) is 27.0 Å². The summed E-state index contributed by atoms with van der Waals surface area (Å²) in [7, 11) is 0. The number of hydrogen-bond donors (Lipinski definition) is 1. The maximum absolute atomic E-state index is 12.1. The van der Waals surface area contributed by atoms with Gasteiger partial charge in [0.05, 0.1) is 0 Å². The summed E-state index contributed by atoms with van der Waals surface area (Å²) in [6, 6.07) is 13.4. The van der Waals surface area contributed by atoms with E-state index in [0.717, 1.165) is 16.5 Å². The van der Waals surface area contributed by atoms with E-state index < -0.39 is 0 Å². The molecule has 20 heavy (non-hydrogen) atoms. The third-order valence-electron chi connectivity index (χ3n) is 2.93. The van der Waals surface area contributed by atoms with Gasteiger partial charge in [-0.05, 0) is 41.8 Å². The second-order valence-electron chi connectivity index (χ2n) is 4.65. The summed E-state index contributed by atoms with van der Waals surface area (Å²) < 4.78 is 0. The van der Waals surface area contributed by atoms with E-state index in [1.165, 1.54) is 5.56 Å². The van der Waals surface area contributed by atoms with E-state index in [1.54, 1.807) is 6.07 Å². The lowest BCUT2D eigenvalue weighted by molar-refractivity contribution is 0.0951. The first kappa shape index (κ1) is 15.1. The summed E-state index contributed by atoms with van der Waals surface area (Å²) in [6.07, 6.45) is 0. The average Bonchev–Trinajstić information content (AvgIpc) is 2.44. The van der Waals surface area contributed by atoms with Crippen molar-refractivity contribution in [1.82, 2.24) is 5.32 Å². The maximum atomic E-state index is 12.1. The van der Waals surface area contributed by atoms with Gasteiger partial charge in [0.1, 0.15) is 0 Å². The Labute approximate surface area is 132 Å². The Balaban J connectivity index is 2.00. The highest BCUT2D eigenvalue weighted by Gasteiger charge is 2.07. The lowest BCUT2D eigenvalue weighted by Crippen LogP contribution is -2.22. The van der Waals surface area contributed by atoms with Crippen LogP contribution in [-0.2, 0) is 11.9 Å². The van der Waals surface area contributed by atoms with Crippen LogP contribution < -0.4 is 5.32 Å². The second kappa shape index (κ2) is 6.91. The Bertz CT molecular complexity index is 590. The van der Waals surface area contributed by atoms with Crippen LogP contribution in [-0.4, -0.2) is 5.91 Å². The molecule has 2 rings (SSSR count). The molecule has 0 aromatic heterocycles. The molecule has 0 aliphatic rings. The van der Waals surface area contributed by atoms with Gasteiger partial charge in [-0.2, -0.15) is 0 Å². The van der Waals surface area contributed by atoms with E-state index in [-0.39, 0.29) is 5.91 Å². The highest BCUT2D eigenvalue weighted by atomic mass is 79.9. The lowest BCUT2D eigenvalue weighted by Gasteiger charge is -2.07. The number of hydrogen-bond acceptors (Lipinski definition) is 1. The predicted octanol–water partition coefficient (Wildman–Crippen LogP) is 4.47. The van der Waals surface area contributed by atoms with Crippen molar-refractivity contribution in [3.63, 3.8) is 0 Å². The molecule has 0 spiro atoms. The normalized spacial score (nSPS) is 10.3. The Morgan fingerprint density at radius 1 is 1.15 bits per heavy atom. The minimum atomic E-state index is -0.111. The highest BCUT2D eigenvalue weighted by Crippen LogP contribution is 2.14. The Hall–Kier alpha value is -1.32. The molecule has 0 saturated carbocycles. The molecule has 2 aromatic rings. The van der Waals surface area contributed by atoms with Crippen molar-refractivity contribution in [1.29, 1.82) is 0 Å². The van der Waals surface area contributed by atoms with Gasteiger partial charge in [0.15, 0.2) is 0 Å². The van der Waals surface area contributed by atoms with Crippen molar-refractivity contribution in [3.8, 4) is 0 Å². The first-order valence-electron chi connectivity index (χ1n) is 6.27. The summed E-state index contributed by atoms with van der Waals surface area (Å²) in [6.45, 7) is 2.43. The number of rotatable bonds is 4. The first-order valence-corrected chi connectivity index (χ1v) is 7.77. The molecule has 2 nitrogen and oxygen atoms in total. The van der Waals surface area contributed by atoms with Gasteiger partial charge in [0.25, 0.3) is 5.91 Å². The van der Waals surface area contributed by atoms with Crippen molar-refractivity contribution < 1.29 is 4.79 Å². The molecule has 0 bridgehead atoms. The number of aryl methyl sites for hydroxylation is 1. The standard InChI is InChI=1S/C16H15BrClNO/c1-11-6-14(8-15(18)7-11)16(20)19-10-13-4-2-12(9-17)3-5-13/h2-8H,9-10H2,1H3,(H,19,20). The summed E-state index contributed by atoms with van der Waals surface area (Å²) in [4.78, 5) is 12.1. The predicted molar refractivity (Wildman–Crippen MR) is 86.4 cm³/mol. The van der Waals surface area contributed by atoms with Gasteiger partial charge in [-0.15, -0.1) is 0 Å². The zero-order valence-corrected chi connectivity index (χ0v) is 13.5. The van der Waals surface area contributed by atoms with Crippen LogP contribution in [0.5, 0.6) is 0 Å². The molecule has 1 amide bonds. The first-order chi connectivity index (χ1) is 9.58. The summed E-state index contributed by atoms with van der Waals surface area (Å²) >= 11 is 9.37. The second-order valence-corrected chi connectivity index (χ2v) is 5.65. The van der Waals surface area contributed by atoms with Crippen molar-refractivity contribution in [2.45, 2.75) is 18.8 Å². The third-order valence-corrected chi connectivity index (χ3v) is 3.80. The van der Waals surface area contributed by atoms with Crippen molar-refractivity contribution in [2.75, 3.05) is 0 Å². The zero-order valence-electron chi connectivity index (χ0n) is 11.1. The van der Waals surface area contributed by atoms with E-state index >= 15 is 0 Å². The SMILES string of the molecule is Cc1cc(Cl)cc(C(=O)NCc2ccc(CBr)cc2)c1. The smallest absolute Gasteiger partial charge is 0.251 e. The topological polar surface area (TPSA) is 29.1 Å². The minimum absolute atomic E-state index is 0.111. The van der Waals surface area contributed by atoms with Crippen molar-refractivity contribution >= 4 is 33.4 Å². The lowest BCUT2D eigenvalue weighted by atomic mass is 10.1. The van der Waals surface area contributed by atoms with Crippen LogP contribution in [0.2, 0.25) is 5.02 Å². The molecule has 4 heteroatoms. The Morgan fingerprint density at radius 3 is 2.40 bits per heavy atom. The Kier molecular flexibility index (Phi) is 5.21. The summed E-state index contributed by atoms with van der Waals surface area (Å²) in [5.41, 5.74) is 3.85. The quantitative estimate of drug-likeness (QED) is 0.808. The Morgan fingerprint density at radius 2 is 1.80 bits per heavy atom. The van der Waals surface area contributed by atoms with Crippen LogP contribution in [0, 0.1) is 6.92 Å². The number of halogens is 2. The van der Waals surface area contributed by atoms with Crippen LogP contribution in [0.3, 0.4) is 0 Å². The molecule has 0 aliphatic heterocycles. The van der Waals surface area contributed by atoms with E-state index in [1.807, 2.05) is 43.3 Å². The molecule has 0 radical (unpaired) electrons.